The normalized spacial score (nSPS) is 32.0. The van der Waals surface area contributed by atoms with E-state index in [4.69, 9.17) is 9.47 Å². The Morgan fingerprint density at radius 1 is 1.04 bits per heavy atom. The summed E-state index contributed by atoms with van der Waals surface area (Å²) in [5.41, 5.74) is 0.706. The smallest absolute Gasteiger partial charge is 0.328 e. The molecule has 0 spiro atoms. The number of methoxy groups -OCH3 is 2. The molecule has 4 bridgehead atoms. The summed E-state index contributed by atoms with van der Waals surface area (Å²) < 4.78 is 10.2. The van der Waals surface area contributed by atoms with Crippen LogP contribution < -0.4 is 10.1 Å². The van der Waals surface area contributed by atoms with Gasteiger partial charge in [0.2, 0.25) is 5.91 Å². The summed E-state index contributed by atoms with van der Waals surface area (Å²) in [6.45, 7) is 0. The Balaban J connectivity index is 1.48. The molecule has 0 heterocycles. The van der Waals surface area contributed by atoms with Crippen molar-refractivity contribution < 1.29 is 19.1 Å². The van der Waals surface area contributed by atoms with Crippen LogP contribution in [0.4, 0.5) is 0 Å². The zero-order chi connectivity index (χ0) is 19.0. The first-order chi connectivity index (χ1) is 13.0. The van der Waals surface area contributed by atoms with Crippen LogP contribution in [0.15, 0.2) is 24.3 Å². The van der Waals surface area contributed by atoms with Crippen molar-refractivity contribution in [3.63, 3.8) is 0 Å². The van der Waals surface area contributed by atoms with Crippen molar-refractivity contribution >= 4 is 11.9 Å². The lowest BCUT2D eigenvalue weighted by atomic mass is 9.49. The van der Waals surface area contributed by atoms with E-state index in [0.29, 0.717) is 24.2 Å². The van der Waals surface area contributed by atoms with Gasteiger partial charge in [0.1, 0.15) is 11.8 Å². The number of nitrogens with one attached hydrogen (secondary N) is 1. The van der Waals surface area contributed by atoms with Gasteiger partial charge in [-0.05, 0) is 74.0 Å². The average Bonchev–Trinajstić information content (AvgIpc) is 2.66. The molecule has 0 unspecified atom stereocenters. The number of benzene rings is 1. The molecule has 1 aromatic rings. The van der Waals surface area contributed by atoms with E-state index < -0.39 is 6.04 Å². The van der Waals surface area contributed by atoms with E-state index in [9.17, 15) is 9.59 Å². The van der Waals surface area contributed by atoms with Gasteiger partial charge < -0.3 is 14.8 Å². The van der Waals surface area contributed by atoms with Crippen LogP contribution >= 0.6 is 0 Å². The SMILES string of the molecule is COC(=O)[C@@H](Cc1ccc(OC)cc1)NC(=O)C12CC3CC(CC(C3)C1)C2. The maximum absolute atomic E-state index is 13.3. The maximum atomic E-state index is 13.3. The number of esters is 1. The van der Waals surface area contributed by atoms with E-state index in [1.54, 1.807) is 7.11 Å². The van der Waals surface area contributed by atoms with Crippen LogP contribution in [0.25, 0.3) is 0 Å². The molecule has 146 valence electrons. The van der Waals surface area contributed by atoms with Gasteiger partial charge in [-0.3, -0.25) is 4.79 Å². The third-order valence-electron chi connectivity index (χ3n) is 6.91. The number of ether oxygens (including phenoxy) is 2. The largest absolute Gasteiger partial charge is 0.497 e. The van der Waals surface area contributed by atoms with Crippen LogP contribution in [-0.4, -0.2) is 32.1 Å². The molecule has 0 saturated heterocycles. The minimum atomic E-state index is -0.649. The molecule has 5 heteroatoms. The van der Waals surface area contributed by atoms with Crippen LogP contribution in [0.1, 0.15) is 44.1 Å². The standard InChI is InChI=1S/C22H29NO4/c1-26-18-5-3-14(4-6-18)10-19(20(24)27-2)23-21(25)22-11-15-7-16(12-22)9-17(8-15)13-22/h3-6,15-17,19H,7-13H2,1-2H3,(H,23,25)/t15?,16?,17?,19-,22?/m1/s1. The molecule has 0 radical (unpaired) electrons. The van der Waals surface area contributed by atoms with Crippen LogP contribution in [0.3, 0.4) is 0 Å². The number of hydrogen-bond acceptors (Lipinski definition) is 4. The van der Waals surface area contributed by atoms with Crippen LogP contribution in [0.2, 0.25) is 0 Å². The first kappa shape index (κ1) is 18.3. The lowest BCUT2D eigenvalue weighted by Gasteiger charge is -2.55. The second-order valence-electron chi connectivity index (χ2n) is 8.80. The van der Waals surface area contributed by atoms with Gasteiger partial charge >= 0.3 is 5.97 Å². The molecule has 5 rings (SSSR count). The quantitative estimate of drug-likeness (QED) is 0.781. The van der Waals surface area contributed by atoms with E-state index in [0.717, 1.165) is 30.6 Å². The highest BCUT2D eigenvalue weighted by molar-refractivity contribution is 5.88. The fourth-order valence-electron chi connectivity index (χ4n) is 6.03. The molecule has 4 aliphatic carbocycles. The fourth-order valence-corrected chi connectivity index (χ4v) is 6.03. The van der Waals surface area contributed by atoms with Crippen molar-refractivity contribution in [2.24, 2.45) is 23.2 Å². The first-order valence-electron chi connectivity index (χ1n) is 10.0. The van der Waals surface area contributed by atoms with Crippen molar-refractivity contribution in [3.8, 4) is 5.75 Å². The van der Waals surface area contributed by atoms with Crippen molar-refractivity contribution in [2.75, 3.05) is 14.2 Å². The van der Waals surface area contributed by atoms with Gasteiger partial charge in [0.15, 0.2) is 0 Å². The first-order valence-corrected chi connectivity index (χ1v) is 10.0. The lowest BCUT2D eigenvalue weighted by Crippen LogP contribution is -2.56. The molecule has 1 N–H and O–H groups in total. The fraction of sp³-hybridized carbons (Fsp3) is 0.636. The van der Waals surface area contributed by atoms with Crippen molar-refractivity contribution in [3.05, 3.63) is 29.8 Å². The molecule has 0 aliphatic heterocycles. The highest BCUT2D eigenvalue weighted by Crippen LogP contribution is 2.60. The third kappa shape index (κ3) is 3.56. The zero-order valence-corrected chi connectivity index (χ0v) is 16.2. The predicted molar refractivity (Wildman–Crippen MR) is 101 cm³/mol. The third-order valence-corrected chi connectivity index (χ3v) is 6.91. The van der Waals surface area contributed by atoms with Gasteiger partial charge in [0.05, 0.1) is 14.2 Å². The minimum absolute atomic E-state index is 0.0607. The highest BCUT2D eigenvalue weighted by Gasteiger charge is 2.55. The van der Waals surface area contributed by atoms with E-state index >= 15 is 0 Å². The van der Waals surface area contributed by atoms with Crippen LogP contribution in [0, 0.1) is 23.2 Å². The summed E-state index contributed by atoms with van der Waals surface area (Å²) in [5, 5.41) is 3.06. The van der Waals surface area contributed by atoms with Gasteiger partial charge in [0.25, 0.3) is 0 Å². The molecule has 4 fully saturated rings. The number of rotatable bonds is 6. The Morgan fingerprint density at radius 2 is 1.59 bits per heavy atom. The van der Waals surface area contributed by atoms with E-state index in [1.165, 1.54) is 26.4 Å². The predicted octanol–water partition coefficient (Wildman–Crippen LogP) is 3.11. The van der Waals surface area contributed by atoms with Crippen LogP contribution in [0.5, 0.6) is 5.75 Å². The summed E-state index contributed by atoms with van der Waals surface area (Å²) in [6.07, 6.45) is 7.26. The van der Waals surface area contributed by atoms with Crippen LogP contribution in [-0.2, 0) is 20.7 Å². The Hall–Kier alpha value is -2.04. The average molecular weight is 371 g/mol. The second-order valence-corrected chi connectivity index (χ2v) is 8.80. The van der Waals surface area contributed by atoms with Gasteiger partial charge in [-0.25, -0.2) is 4.79 Å². The van der Waals surface area contributed by atoms with Gasteiger partial charge in [-0.2, -0.15) is 0 Å². The molecule has 27 heavy (non-hydrogen) atoms. The second kappa shape index (κ2) is 7.17. The molecular weight excluding hydrogens is 342 g/mol. The number of carbonyl (C=O) groups is 2. The topological polar surface area (TPSA) is 64.6 Å². The van der Waals surface area contributed by atoms with Crippen molar-refractivity contribution in [2.45, 2.75) is 51.0 Å². The molecular formula is C22H29NO4. The van der Waals surface area contributed by atoms with Crippen molar-refractivity contribution in [1.82, 2.24) is 5.32 Å². The highest BCUT2D eigenvalue weighted by atomic mass is 16.5. The molecule has 4 aliphatic rings. The van der Waals surface area contributed by atoms with E-state index in [1.807, 2.05) is 24.3 Å². The summed E-state index contributed by atoms with van der Waals surface area (Å²) in [5.74, 6) is 2.53. The lowest BCUT2D eigenvalue weighted by molar-refractivity contribution is -0.152. The van der Waals surface area contributed by atoms with Crippen molar-refractivity contribution in [1.29, 1.82) is 0 Å². The van der Waals surface area contributed by atoms with E-state index in [2.05, 4.69) is 5.32 Å². The number of carbonyl (C=O) groups excluding carboxylic acids is 2. The molecule has 1 aromatic carbocycles. The summed E-state index contributed by atoms with van der Waals surface area (Å²) in [4.78, 5) is 25.6. The van der Waals surface area contributed by atoms with Gasteiger partial charge in [-0.15, -0.1) is 0 Å². The number of hydrogen-bond donors (Lipinski definition) is 1. The maximum Gasteiger partial charge on any atom is 0.328 e. The van der Waals surface area contributed by atoms with E-state index in [-0.39, 0.29) is 17.3 Å². The van der Waals surface area contributed by atoms with Gasteiger partial charge in [-0.1, -0.05) is 12.1 Å². The Labute approximate surface area is 160 Å². The Morgan fingerprint density at radius 3 is 2.07 bits per heavy atom. The molecule has 1 atom stereocenters. The summed E-state index contributed by atoms with van der Waals surface area (Å²) >= 11 is 0. The molecule has 4 saturated carbocycles. The summed E-state index contributed by atoms with van der Waals surface area (Å²) in [6, 6.07) is 6.93. The molecule has 0 aromatic heterocycles. The zero-order valence-electron chi connectivity index (χ0n) is 16.2. The summed E-state index contributed by atoms with van der Waals surface area (Å²) in [7, 11) is 3.00. The Bertz CT molecular complexity index is 676. The Kier molecular flexibility index (Phi) is 4.87. The number of amides is 1. The monoisotopic (exact) mass is 371 g/mol. The molecule has 5 nitrogen and oxygen atoms in total. The molecule has 1 amide bonds. The minimum Gasteiger partial charge on any atom is -0.497 e. The van der Waals surface area contributed by atoms with Gasteiger partial charge in [0, 0.05) is 11.8 Å².